The van der Waals surface area contributed by atoms with Crippen LogP contribution in [-0.2, 0) is 19.0 Å². The summed E-state index contributed by atoms with van der Waals surface area (Å²) >= 11 is 0. The molecule has 0 saturated carbocycles. The van der Waals surface area contributed by atoms with Crippen molar-refractivity contribution in [2.45, 2.75) is 64.4 Å². The number of aliphatic hydroxyl groups excluding tert-OH is 1. The third-order valence-electron chi connectivity index (χ3n) is 3.88. The highest BCUT2D eigenvalue weighted by Crippen LogP contribution is 2.42. The van der Waals surface area contributed by atoms with E-state index >= 15 is 0 Å². The largest absolute Gasteiger partial charge is 0.459 e. The number of hydrogen-bond acceptors (Lipinski definition) is 5. The van der Waals surface area contributed by atoms with E-state index < -0.39 is 18.0 Å². The van der Waals surface area contributed by atoms with E-state index in [9.17, 15) is 9.90 Å². The van der Waals surface area contributed by atoms with Gasteiger partial charge in [0.15, 0.2) is 18.0 Å². The molecule has 0 aromatic carbocycles. The Hall–Kier alpha value is -1.95. The van der Waals surface area contributed by atoms with E-state index in [0.717, 1.165) is 12.8 Å². The fraction of sp³-hybridized carbons (Fsp3) is 0.632. The number of allylic oxidation sites excluding steroid dienone is 1. The molecule has 130 valence electrons. The van der Waals surface area contributed by atoms with Crippen LogP contribution in [0.5, 0.6) is 0 Å². The van der Waals surface area contributed by atoms with E-state index in [1.54, 1.807) is 6.92 Å². The molecule has 2 heterocycles. The van der Waals surface area contributed by atoms with Crippen molar-refractivity contribution in [1.82, 2.24) is 0 Å². The SMILES string of the molecule is CC#CC#C/C=C1/O[C@@]2(CCCCO2)[C@H](O)[C@H]1OC(=O)CC(C)C. The van der Waals surface area contributed by atoms with Crippen LogP contribution in [0.4, 0.5) is 0 Å². The molecule has 0 amide bonds. The number of hydrogen-bond donors (Lipinski definition) is 1. The number of carbonyl (C=O) groups excluding carboxylic acids is 1. The molecule has 0 unspecified atom stereocenters. The van der Waals surface area contributed by atoms with E-state index in [4.69, 9.17) is 14.2 Å². The fourth-order valence-corrected chi connectivity index (χ4v) is 2.77. The lowest BCUT2D eigenvalue weighted by Crippen LogP contribution is -2.48. The summed E-state index contributed by atoms with van der Waals surface area (Å²) in [5.74, 6) is 9.64. The summed E-state index contributed by atoms with van der Waals surface area (Å²) in [6.07, 6.45) is 2.14. The topological polar surface area (TPSA) is 65.0 Å². The maximum absolute atomic E-state index is 12.0. The van der Waals surface area contributed by atoms with Crippen LogP contribution in [0, 0.1) is 29.6 Å². The summed E-state index contributed by atoms with van der Waals surface area (Å²) < 4.78 is 17.0. The normalized spacial score (nSPS) is 30.3. The fourth-order valence-electron chi connectivity index (χ4n) is 2.77. The average molecular weight is 332 g/mol. The first-order valence-corrected chi connectivity index (χ1v) is 8.31. The van der Waals surface area contributed by atoms with Crippen LogP contribution in [-0.4, -0.2) is 35.7 Å². The van der Waals surface area contributed by atoms with Gasteiger partial charge in [-0.15, -0.1) is 0 Å². The Balaban J connectivity index is 2.22. The highest BCUT2D eigenvalue weighted by molar-refractivity contribution is 5.70. The number of carbonyl (C=O) groups is 1. The standard InChI is InChI=1S/C19H24O5/c1-4-5-6-7-10-15-17(23-16(20)13-14(2)3)18(21)19(24-15)11-8-9-12-22-19/h10,14,17-18,21H,8-9,11-13H2,1-3H3/b15-10+/t17-,18+,19-/m0/s1. The molecule has 0 aromatic rings. The highest BCUT2D eigenvalue weighted by atomic mass is 16.7. The van der Waals surface area contributed by atoms with Gasteiger partial charge in [0.25, 0.3) is 0 Å². The van der Waals surface area contributed by atoms with Crippen molar-refractivity contribution in [1.29, 1.82) is 0 Å². The van der Waals surface area contributed by atoms with Gasteiger partial charge >= 0.3 is 5.97 Å². The summed E-state index contributed by atoms with van der Waals surface area (Å²) in [4.78, 5) is 12.0. The number of rotatable bonds is 3. The molecule has 1 N–H and O–H groups in total. The second kappa shape index (κ2) is 8.24. The van der Waals surface area contributed by atoms with E-state index in [2.05, 4.69) is 23.7 Å². The minimum atomic E-state index is -1.15. The Bertz CT molecular complexity index is 605. The second-order valence-electron chi connectivity index (χ2n) is 6.36. The number of esters is 1. The summed E-state index contributed by atoms with van der Waals surface area (Å²) in [6.45, 7) is 6.06. The van der Waals surface area contributed by atoms with Gasteiger partial charge in [-0.3, -0.25) is 4.79 Å². The van der Waals surface area contributed by atoms with Gasteiger partial charge in [-0.25, -0.2) is 0 Å². The van der Waals surface area contributed by atoms with E-state index in [-0.39, 0.29) is 18.3 Å². The van der Waals surface area contributed by atoms with E-state index in [1.165, 1.54) is 6.08 Å². The molecule has 0 radical (unpaired) electrons. The van der Waals surface area contributed by atoms with Gasteiger partial charge in [-0.2, -0.15) is 0 Å². The lowest BCUT2D eigenvalue weighted by Gasteiger charge is -2.34. The van der Waals surface area contributed by atoms with Crippen LogP contribution in [0.2, 0.25) is 0 Å². The molecule has 2 aliphatic rings. The van der Waals surface area contributed by atoms with Gasteiger partial charge < -0.3 is 19.3 Å². The molecular formula is C19H24O5. The zero-order chi connectivity index (χ0) is 17.6. The number of aliphatic hydroxyl groups is 1. The predicted octanol–water partition coefficient (Wildman–Crippen LogP) is 2.14. The third kappa shape index (κ3) is 4.32. The maximum Gasteiger partial charge on any atom is 0.306 e. The molecule has 24 heavy (non-hydrogen) atoms. The molecule has 5 nitrogen and oxygen atoms in total. The predicted molar refractivity (Wildman–Crippen MR) is 88.3 cm³/mol. The first-order valence-electron chi connectivity index (χ1n) is 8.31. The van der Waals surface area contributed by atoms with Crippen molar-refractivity contribution in [3.05, 3.63) is 11.8 Å². The van der Waals surface area contributed by atoms with Gasteiger partial charge in [0.05, 0.1) is 6.61 Å². The van der Waals surface area contributed by atoms with Crippen LogP contribution in [0.3, 0.4) is 0 Å². The first kappa shape index (κ1) is 18.4. The molecule has 0 aliphatic carbocycles. The summed E-state index contributed by atoms with van der Waals surface area (Å²) in [5.41, 5.74) is 0. The van der Waals surface area contributed by atoms with Gasteiger partial charge in [-0.1, -0.05) is 25.7 Å². The van der Waals surface area contributed by atoms with Gasteiger partial charge in [0, 0.05) is 18.9 Å². The average Bonchev–Trinajstić information content (AvgIpc) is 2.77. The third-order valence-corrected chi connectivity index (χ3v) is 3.88. The highest BCUT2D eigenvalue weighted by Gasteiger charge is 2.56. The minimum Gasteiger partial charge on any atom is -0.459 e. The molecular weight excluding hydrogens is 308 g/mol. The molecule has 0 aromatic heterocycles. The van der Waals surface area contributed by atoms with Crippen molar-refractivity contribution in [3.8, 4) is 23.7 Å². The molecule has 2 rings (SSSR count). The van der Waals surface area contributed by atoms with E-state index in [0.29, 0.717) is 18.8 Å². The Morgan fingerprint density at radius 3 is 2.88 bits per heavy atom. The molecule has 5 heteroatoms. The molecule has 1 spiro atoms. The first-order chi connectivity index (χ1) is 11.5. The Morgan fingerprint density at radius 1 is 1.46 bits per heavy atom. The van der Waals surface area contributed by atoms with Crippen molar-refractivity contribution < 1.29 is 24.1 Å². The van der Waals surface area contributed by atoms with Crippen LogP contribution >= 0.6 is 0 Å². The van der Waals surface area contributed by atoms with Crippen molar-refractivity contribution in [2.75, 3.05) is 6.61 Å². The molecule has 2 fully saturated rings. The van der Waals surface area contributed by atoms with Crippen LogP contribution in [0.1, 0.15) is 46.5 Å². The summed E-state index contributed by atoms with van der Waals surface area (Å²) in [6, 6.07) is 0. The molecule has 2 aliphatic heterocycles. The maximum atomic E-state index is 12.0. The zero-order valence-corrected chi connectivity index (χ0v) is 14.4. The molecule has 3 atom stereocenters. The minimum absolute atomic E-state index is 0.170. The lowest BCUT2D eigenvalue weighted by atomic mass is 9.98. The Labute approximate surface area is 143 Å². The Kier molecular flexibility index (Phi) is 6.31. The monoisotopic (exact) mass is 332 g/mol. The van der Waals surface area contributed by atoms with Crippen LogP contribution in [0.15, 0.2) is 11.8 Å². The summed E-state index contributed by atoms with van der Waals surface area (Å²) in [5, 5.41) is 10.7. The summed E-state index contributed by atoms with van der Waals surface area (Å²) in [7, 11) is 0. The second-order valence-corrected chi connectivity index (χ2v) is 6.36. The van der Waals surface area contributed by atoms with Gasteiger partial charge in [0.1, 0.15) is 0 Å². The zero-order valence-electron chi connectivity index (χ0n) is 14.4. The number of ether oxygens (including phenoxy) is 3. The van der Waals surface area contributed by atoms with E-state index in [1.807, 2.05) is 13.8 Å². The van der Waals surface area contributed by atoms with Crippen molar-refractivity contribution in [3.63, 3.8) is 0 Å². The van der Waals surface area contributed by atoms with Crippen LogP contribution in [0.25, 0.3) is 0 Å². The van der Waals surface area contributed by atoms with Gasteiger partial charge in [-0.05, 0) is 37.5 Å². The Morgan fingerprint density at radius 2 is 2.25 bits per heavy atom. The smallest absolute Gasteiger partial charge is 0.306 e. The van der Waals surface area contributed by atoms with Crippen LogP contribution < -0.4 is 0 Å². The van der Waals surface area contributed by atoms with Crippen molar-refractivity contribution >= 4 is 5.97 Å². The molecule has 2 saturated heterocycles. The van der Waals surface area contributed by atoms with Gasteiger partial charge in [0.2, 0.25) is 5.79 Å². The molecule has 0 bridgehead atoms. The quantitative estimate of drug-likeness (QED) is 0.634. The van der Waals surface area contributed by atoms with Crippen molar-refractivity contribution in [2.24, 2.45) is 5.92 Å². The lowest BCUT2D eigenvalue weighted by molar-refractivity contribution is -0.258.